The zero-order valence-corrected chi connectivity index (χ0v) is 16.0. The van der Waals surface area contributed by atoms with E-state index in [-0.39, 0.29) is 18.0 Å². The van der Waals surface area contributed by atoms with Crippen LogP contribution in [0.25, 0.3) is 11.1 Å². The van der Waals surface area contributed by atoms with Crippen molar-refractivity contribution in [3.8, 4) is 16.9 Å². The van der Waals surface area contributed by atoms with Crippen LogP contribution in [0.2, 0.25) is 0 Å². The molecule has 5 heteroatoms. The normalized spacial score (nSPS) is 10.2. The van der Waals surface area contributed by atoms with Gasteiger partial charge in [0.05, 0.1) is 18.4 Å². The third-order valence-corrected chi connectivity index (χ3v) is 4.51. The average molecular weight is 387 g/mol. The van der Waals surface area contributed by atoms with Gasteiger partial charge in [-0.3, -0.25) is 4.79 Å². The van der Waals surface area contributed by atoms with Crippen molar-refractivity contribution in [2.75, 3.05) is 18.6 Å². The molecule has 0 fully saturated rings. The summed E-state index contributed by atoms with van der Waals surface area (Å²) in [5, 5.41) is 9.50. The minimum Gasteiger partial charge on any atom is -0.497 e. The highest BCUT2D eigenvalue weighted by Crippen LogP contribution is 2.26. The fraction of sp³-hybridized carbons (Fsp3) is 0.0833. The maximum atomic E-state index is 13.3. The monoisotopic (exact) mass is 387 g/mol. The molecule has 3 rings (SSSR count). The second-order valence-electron chi connectivity index (χ2n) is 6.34. The average Bonchev–Trinajstić information content (AvgIpc) is 2.77. The molecule has 0 saturated heterocycles. The van der Waals surface area contributed by atoms with Gasteiger partial charge < -0.3 is 14.7 Å². The summed E-state index contributed by atoms with van der Waals surface area (Å²) in [6.45, 7) is 3.90. The van der Waals surface area contributed by atoms with Gasteiger partial charge in [-0.1, -0.05) is 42.5 Å². The van der Waals surface area contributed by atoms with E-state index < -0.39 is 5.97 Å². The molecule has 5 nitrogen and oxygen atoms in total. The lowest BCUT2D eigenvalue weighted by Crippen LogP contribution is -2.32. The maximum absolute atomic E-state index is 13.3. The third kappa shape index (κ3) is 4.35. The minimum atomic E-state index is -1.09. The highest BCUT2D eigenvalue weighted by molar-refractivity contribution is 6.10. The van der Waals surface area contributed by atoms with Crippen molar-refractivity contribution in [3.05, 3.63) is 96.6 Å². The van der Waals surface area contributed by atoms with Gasteiger partial charge in [-0.05, 0) is 47.5 Å². The standard InChI is InChI=1S/C24H21NO4/c1-3-15-25(22-10-5-4-9-21(22)24(27)28)23(26)19-8-6-7-18(16-19)17-11-13-20(29-2)14-12-17/h3-14,16H,1,15H2,2H3,(H,27,28). The van der Waals surface area contributed by atoms with Gasteiger partial charge >= 0.3 is 5.97 Å². The molecule has 0 heterocycles. The first kappa shape index (κ1) is 19.9. The highest BCUT2D eigenvalue weighted by atomic mass is 16.5. The number of methoxy groups -OCH3 is 1. The van der Waals surface area contributed by atoms with Crippen molar-refractivity contribution in [1.29, 1.82) is 0 Å². The van der Waals surface area contributed by atoms with Crippen LogP contribution in [0, 0.1) is 0 Å². The van der Waals surface area contributed by atoms with E-state index in [1.54, 1.807) is 43.5 Å². The molecule has 146 valence electrons. The molecule has 0 aliphatic carbocycles. The number of nitrogens with zero attached hydrogens (tertiary/aromatic N) is 1. The van der Waals surface area contributed by atoms with Crippen LogP contribution in [0.1, 0.15) is 20.7 Å². The van der Waals surface area contributed by atoms with Crippen LogP contribution in [0.3, 0.4) is 0 Å². The molecule has 29 heavy (non-hydrogen) atoms. The number of carboxylic acids is 1. The Balaban J connectivity index is 1.99. The van der Waals surface area contributed by atoms with E-state index in [0.717, 1.165) is 16.9 Å². The molecule has 0 aliphatic heterocycles. The number of carboxylic acid groups (broad SMARTS) is 1. The van der Waals surface area contributed by atoms with E-state index >= 15 is 0 Å². The number of benzene rings is 3. The molecular formula is C24H21NO4. The summed E-state index contributed by atoms with van der Waals surface area (Å²) in [6.07, 6.45) is 1.57. The Morgan fingerprint density at radius 2 is 1.72 bits per heavy atom. The quantitative estimate of drug-likeness (QED) is 0.586. The van der Waals surface area contributed by atoms with E-state index in [4.69, 9.17) is 4.74 Å². The molecule has 0 aliphatic rings. The van der Waals surface area contributed by atoms with Gasteiger partial charge in [0.1, 0.15) is 5.75 Å². The molecule has 1 amide bonds. The summed E-state index contributed by atoms with van der Waals surface area (Å²) in [6, 6.07) is 21.2. The fourth-order valence-electron chi connectivity index (χ4n) is 3.08. The summed E-state index contributed by atoms with van der Waals surface area (Å²) in [5.74, 6) is -0.633. The molecule has 3 aromatic carbocycles. The van der Waals surface area contributed by atoms with Gasteiger partial charge in [0, 0.05) is 12.1 Å². The van der Waals surface area contributed by atoms with Crippen molar-refractivity contribution >= 4 is 17.6 Å². The largest absolute Gasteiger partial charge is 0.497 e. The Labute approximate surface area is 169 Å². The number of rotatable bonds is 7. The van der Waals surface area contributed by atoms with Gasteiger partial charge in [-0.25, -0.2) is 4.79 Å². The number of hydrogen-bond donors (Lipinski definition) is 1. The second kappa shape index (κ2) is 8.89. The van der Waals surface area contributed by atoms with Gasteiger partial charge in [0.25, 0.3) is 5.91 Å². The van der Waals surface area contributed by atoms with E-state index in [9.17, 15) is 14.7 Å². The summed E-state index contributed by atoms with van der Waals surface area (Å²) in [5.41, 5.74) is 2.68. The number of amides is 1. The van der Waals surface area contributed by atoms with Gasteiger partial charge in [0.2, 0.25) is 0 Å². The first-order valence-corrected chi connectivity index (χ1v) is 9.04. The third-order valence-electron chi connectivity index (χ3n) is 4.51. The first-order valence-electron chi connectivity index (χ1n) is 9.04. The van der Waals surface area contributed by atoms with Crippen LogP contribution >= 0.6 is 0 Å². The number of carbonyl (C=O) groups is 2. The fourth-order valence-corrected chi connectivity index (χ4v) is 3.08. The highest BCUT2D eigenvalue weighted by Gasteiger charge is 2.22. The van der Waals surface area contributed by atoms with Crippen molar-refractivity contribution in [2.24, 2.45) is 0 Å². The minimum absolute atomic E-state index is 0.0639. The predicted molar refractivity (Wildman–Crippen MR) is 114 cm³/mol. The van der Waals surface area contributed by atoms with Crippen LogP contribution in [-0.2, 0) is 0 Å². The van der Waals surface area contributed by atoms with E-state index in [1.807, 2.05) is 36.4 Å². The molecule has 0 unspecified atom stereocenters. The SMILES string of the molecule is C=CCN(C(=O)c1cccc(-c2ccc(OC)cc2)c1)c1ccccc1C(=O)O. The summed E-state index contributed by atoms with van der Waals surface area (Å²) >= 11 is 0. The van der Waals surface area contributed by atoms with E-state index in [2.05, 4.69) is 6.58 Å². The maximum Gasteiger partial charge on any atom is 0.337 e. The van der Waals surface area contributed by atoms with E-state index in [0.29, 0.717) is 11.3 Å². The van der Waals surface area contributed by atoms with Crippen LogP contribution in [0.5, 0.6) is 5.75 Å². The summed E-state index contributed by atoms with van der Waals surface area (Å²) in [4.78, 5) is 26.3. The second-order valence-corrected chi connectivity index (χ2v) is 6.34. The smallest absolute Gasteiger partial charge is 0.337 e. The molecule has 1 N–H and O–H groups in total. The molecule has 0 bridgehead atoms. The lowest BCUT2D eigenvalue weighted by Gasteiger charge is -2.23. The Morgan fingerprint density at radius 3 is 2.38 bits per heavy atom. The number of ether oxygens (including phenoxy) is 1. The van der Waals surface area contributed by atoms with Gasteiger partial charge in [-0.2, -0.15) is 0 Å². The summed E-state index contributed by atoms with van der Waals surface area (Å²) in [7, 11) is 1.61. The number of para-hydroxylation sites is 1. The topological polar surface area (TPSA) is 66.8 Å². The Kier molecular flexibility index (Phi) is 6.09. The first-order chi connectivity index (χ1) is 14.0. The zero-order chi connectivity index (χ0) is 20.8. The van der Waals surface area contributed by atoms with Crippen LogP contribution in [0.15, 0.2) is 85.5 Å². The Morgan fingerprint density at radius 1 is 1.00 bits per heavy atom. The van der Waals surface area contributed by atoms with Crippen LogP contribution in [0.4, 0.5) is 5.69 Å². The lowest BCUT2D eigenvalue weighted by atomic mass is 10.0. The molecular weight excluding hydrogens is 366 g/mol. The van der Waals surface area contributed by atoms with Crippen molar-refractivity contribution < 1.29 is 19.4 Å². The lowest BCUT2D eigenvalue weighted by molar-refractivity contribution is 0.0697. The van der Waals surface area contributed by atoms with Crippen LogP contribution in [-0.4, -0.2) is 30.6 Å². The van der Waals surface area contributed by atoms with Crippen molar-refractivity contribution in [3.63, 3.8) is 0 Å². The van der Waals surface area contributed by atoms with Gasteiger partial charge in [-0.15, -0.1) is 6.58 Å². The number of aromatic carboxylic acids is 1. The van der Waals surface area contributed by atoms with Crippen LogP contribution < -0.4 is 9.64 Å². The Bertz CT molecular complexity index is 1040. The molecule has 0 saturated carbocycles. The molecule has 0 radical (unpaired) electrons. The van der Waals surface area contributed by atoms with Crippen molar-refractivity contribution in [2.45, 2.75) is 0 Å². The molecule has 0 spiro atoms. The molecule has 0 atom stereocenters. The molecule has 3 aromatic rings. The van der Waals surface area contributed by atoms with Gasteiger partial charge in [0.15, 0.2) is 0 Å². The van der Waals surface area contributed by atoms with E-state index in [1.165, 1.54) is 11.0 Å². The summed E-state index contributed by atoms with van der Waals surface area (Å²) < 4.78 is 5.19. The number of carbonyl (C=O) groups excluding carboxylic acids is 1. The molecule has 0 aromatic heterocycles. The number of hydrogen-bond acceptors (Lipinski definition) is 3. The Hall–Kier alpha value is -3.86. The predicted octanol–water partition coefficient (Wildman–Crippen LogP) is 4.89. The zero-order valence-electron chi connectivity index (χ0n) is 16.0. The number of anilines is 1. The van der Waals surface area contributed by atoms with Crippen molar-refractivity contribution in [1.82, 2.24) is 0 Å².